The molecule has 4 nitrogen and oxygen atoms in total. The summed E-state index contributed by atoms with van der Waals surface area (Å²) in [6, 6.07) is 8.44. The number of thiophene rings is 1. The highest BCUT2D eigenvalue weighted by Crippen LogP contribution is 2.30. The highest BCUT2D eigenvalue weighted by atomic mass is 32.1. The van der Waals surface area contributed by atoms with Crippen molar-refractivity contribution in [2.75, 3.05) is 6.54 Å². The molecule has 1 aromatic heterocycles. The van der Waals surface area contributed by atoms with Crippen LogP contribution in [0.3, 0.4) is 0 Å². The van der Waals surface area contributed by atoms with Crippen molar-refractivity contribution in [3.05, 3.63) is 63.4 Å². The third kappa shape index (κ3) is 6.47. The van der Waals surface area contributed by atoms with Crippen LogP contribution in [0, 0.1) is 0 Å². The maximum atomic E-state index is 12.8. The first kappa shape index (κ1) is 22.1. The number of allylic oxidation sites excluding steroid dienone is 1. The summed E-state index contributed by atoms with van der Waals surface area (Å²) in [5, 5.41) is 22.1. The molecule has 0 fully saturated rings. The van der Waals surface area contributed by atoms with Gasteiger partial charge in [0, 0.05) is 28.4 Å². The minimum absolute atomic E-state index is 0.0179. The van der Waals surface area contributed by atoms with Gasteiger partial charge in [-0.05, 0) is 55.7 Å². The third-order valence-corrected chi connectivity index (χ3v) is 5.40. The number of hydrogen-bond acceptors (Lipinski definition) is 4. The number of halogens is 3. The largest absolute Gasteiger partial charge is 0.478 e. The van der Waals surface area contributed by atoms with Gasteiger partial charge in [0.2, 0.25) is 0 Å². The van der Waals surface area contributed by atoms with Crippen LogP contribution in [0.1, 0.15) is 40.8 Å². The van der Waals surface area contributed by atoms with Crippen molar-refractivity contribution in [3.63, 3.8) is 0 Å². The summed E-state index contributed by atoms with van der Waals surface area (Å²) in [7, 11) is 0. The zero-order chi connectivity index (χ0) is 20.9. The van der Waals surface area contributed by atoms with Gasteiger partial charge >= 0.3 is 12.1 Å². The number of aliphatic hydroxyl groups excluding tert-OH is 1. The van der Waals surface area contributed by atoms with E-state index in [1.807, 2.05) is 19.1 Å². The molecule has 0 aliphatic rings. The average Bonchev–Trinajstić information content (AvgIpc) is 3.07. The molecule has 0 bridgehead atoms. The zero-order valence-corrected chi connectivity index (χ0v) is 16.3. The fourth-order valence-electron chi connectivity index (χ4n) is 2.68. The first-order valence-corrected chi connectivity index (χ1v) is 9.47. The van der Waals surface area contributed by atoms with Gasteiger partial charge in [-0.1, -0.05) is 12.1 Å². The molecule has 0 radical (unpaired) electrons. The van der Waals surface area contributed by atoms with E-state index >= 15 is 0 Å². The van der Waals surface area contributed by atoms with E-state index in [1.54, 1.807) is 6.92 Å². The van der Waals surface area contributed by atoms with Crippen molar-refractivity contribution >= 4 is 22.9 Å². The van der Waals surface area contributed by atoms with E-state index in [2.05, 4.69) is 5.32 Å². The molecule has 1 heterocycles. The van der Waals surface area contributed by atoms with E-state index in [1.165, 1.54) is 23.5 Å². The van der Waals surface area contributed by atoms with Gasteiger partial charge in [-0.2, -0.15) is 13.2 Å². The molecule has 3 N–H and O–H groups in total. The van der Waals surface area contributed by atoms with E-state index in [0.29, 0.717) is 12.0 Å². The Hall–Kier alpha value is -2.16. The first-order chi connectivity index (χ1) is 13.1. The second-order valence-electron chi connectivity index (χ2n) is 6.58. The fourth-order valence-corrected chi connectivity index (χ4v) is 3.79. The summed E-state index contributed by atoms with van der Waals surface area (Å²) in [6.07, 6.45) is -3.69. The van der Waals surface area contributed by atoms with Gasteiger partial charge in [-0.15, -0.1) is 11.3 Å². The van der Waals surface area contributed by atoms with Gasteiger partial charge in [0.05, 0.1) is 11.7 Å². The molecule has 0 saturated carbocycles. The number of carboxylic acid groups (broad SMARTS) is 1. The molecule has 0 amide bonds. The molecule has 28 heavy (non-hydrogen) atoms. The summed E-state index contributed by atoms with van der Waals surface area (Å²) < 4.78 is 38.4. The van der Waals surface area contributed by atoms with E-state index in [9.17, 15) is 23.1 Å². The summed E-state index contributed by atoms with van der Waals surface area (Å²) >= 11 is 1.49. The molecule has 0 saturated heterocycles. The molecule has 2 atom stereocenters. The predicted molar refractivity (Wildman–Crippen MR) is 103 cm³/mol. The Morgan fingerprint density at radius 1 is 1.29 bits per heavy atom. The van der Waals surface area contributed by atoms with Crippen molar-refractivity contribution < 1.29 is 28.2 Å². The molecule has 8 heteroatoms. The van der Waals surface area contributed by atoms with Gasteiger partial charge < -0.3 is 15.5 Å². The second kappa shape index (κ2) is 9.36. The molecular formula is C20H22F3NO3S. The van der Waals surface area contributed by atoms with E-state index < -0.39 is 23.8 Å². The van der Waals surface area contributed by atoms with Crippen LogP contribution >= 0.6 is 11.3 Å². The van der Waals surface area contributed by atoms with Crippen molar-refractivity contribution in [2.45, 2.75) is 38.6 Å². The number of aliphatic hydroxyl groups is 1. The van der Waals surface area contributed by atoms with Crippen LogP contribution in [0.5, 0.6) is 0 Å². The van der Waals surface area contributed by atoms with Crippen molar-refractivity contribution in [2.24, 2.45) is 0 Å². The average molecular weight is 413 g/mol. The molecule has 152 valence electrons. The standard InChI is InChI=1S/C20H22F3NO3S/c1-12(8-19(26)27)18-7-6-16(28-18)9-13(2)24-11-17(25)14-4-3-5-15(10-14)20(21,22)23/h3-8,10,13,17,24-25H,9,11H2,1-2H3,(H,26,27)/b12-8+. The van der Waals surface area contributed by atoms with Crippen LogP contribution < -0.4 is 5.32 Å². The van der Waals surface area contributed by atoms with Crippen LogP contribution in [0.25, 0.3) is 5.57 Å². The van der Waals surface area contributed by atoms with Gasteiger partial charge in [0.25, 0.3) is 0 Å². The van der Waals surface area contributed by atoms with E-state index in [0.717, 1.165) is 28.0 Å². The van der Waals surface area contributed by atoms with Gasteiger partial charge in [0.1, 0.15) is 0 Å². The maximum Gasteiger partial charge on any atom is 0.416 e. The van der Waals surface area contributed by atoms with Gasteiger partial charge in [-0.25, -0.2) is 4.79 Å². The summed E-state index contributed by atoms with van der Waals surface area (Å²) in [4.78, 5) is 12.7. The number of benzene rings is 1. The third-order valence-electron chi connectivity index (χ3n) is 4.16. The summed E-state index contributed by atoms with van der Waals surface area (Å²) in [5.74, 6) is -0.994. The topological polar surface area (TPSA) is 69.6 Å². The Morgan fingerprint density at radius 2 is 2.00 bits per heavy atom. The fraction of sp³-hybridized carbons (Fsp3) is 0.350. The lowest BCUT2D eigenvalue weighted by Crippen LogP contribution is -2.31. The Kier molecular flexibility index (Phi) is 7.40. The predicted octanol–water partition coefficient (Wildman–Crippen LogP) is 4.51. The molecule has 2 unspecified atom stereocenters. The van der Waals surface area contributed by atoms with Crippen LogP contribution in [-0.4, -0.2) is 28.8 Å². The number of rotatable bonds is 8. The van der Waals surface area contributed by atoms with E-state index in [4.69, 9.17) is 5.11 Å². The number of aliphatic carboxylic acids is 1. The maximum absolute atomic E-state index is 12.8. The number of carboxylic acids is 1. The van der Waals surface area contributed by atoms with Crippen LogP contribution in [-0.2, 0) is 17.4 Å². The lowest BCUT2D eigenvalue weighted by atomic mass is 10.1. The lowest BCUT2D eigenvalue weighted by Gasteiger charge is -2.18. The minimum atomic E-state index is -4.44. The van der Waals surface area contributed by atoms with Gasteiger partial charge in [0.15, 0.2) is 0 Å². The van der Waals surface area contributed by atoms with Crippen molar-refractivity contribution in [1.82, 2.24) is 5.32 Å². The second-order valence-corrected chi connectivity index (χ2v) is 7.75. The van der Waals surface area contributed by atoms with E-state index in [-0.39, 0.29) is 18.2 Å². The lowest BCUT2D eigenvalue weighted by molar-refractivity contribution is -0.137. The van der Waals surface area contributed by atoms with Crippen molar-refractivity contribution in [1.29, 1.82) is 0 Å². The SMILES string of the molecule is C/C(=C\C(=O)O)c1ccc(CC(C)NCC(O)c2cccc(C(F)(F)F)c2)s1. The quantitative estimate of drug-likeness (QED) is 0.557. The molecule has 2 aromatic rings. The zero-order valence-electron chi connectivity index (χ0n) is 15.5. The Balaban J connectivity index is 1.91. The normalized spacial score (nSPS) is 14.7. The van der Waals surface area contributed by atoms with Crippen molar-refractivity contribution in [3.8, 4) is 0 Å². The number of alkyl halides is 3. The molecular weight excluding hydrogens is 391 g/mol. The molecule has 0 aliphatic heterocycles. The number of carbonyl (C=O) groups is 1. The number of hydrogen-bond donors (Lipinski definition) is 3. The number of nitrogens with one attached hydrogen (secondary N) is 1. The summed E-state index contributed by atoms with van der Waals surface area (Å²) in [6.45, 7) is 3.77. The highest BCUT2D eigenvalue weighted by molar-refractivity contribution is 7.13. The van der Waals surface area contributed by atoms with Crippen LogP contribution in [0.15, 0.2) is 42.5 Å². The van der Waals surface area contributed by atoms with Crippen LogP contribution in [0.2, 0.25) is 0 Å². The Labute approximate surface area is 165 Å². The monoisotopic (exact) mass is 413 g/mol. The Bertz CT molecular complexity index is 845. The smallest absolute Gasteiger partial charge is 0.416 e. The molecule has 1 aromatic carbocycles. The molecule has 2 rings (SSSR count). The molecule has 0 aliphatic carbocycles. The first-order valence-electron chi connectivity index (χ1n) is 8.65. The van der Waals surface area contributed by atoms with Gasteiger partial charge in [-0.3, -0.25) is 0 Å². The summed E-state index contributed by atoms with van der Waals surface area (Å²) in [5.41, 5.74) is 0.0969. The minimum Gasteiger partial charge on any atom is -0.478 e. The highest BCUT2D eigenvalue weighted by Gasteiger charge is 2.30. The Morgan fingerprint density at radius 3 is 2.64 bits per heavy atom. The molecule has 0 spiro atoms. The van der Waals surface area contributed by atoms with Crippen LogP contribution in [0.4, 0.5) is 13.2 Å².